The first-order valence-corrected chi connectivity index (χ1v) is 12.0. The Morgan fingerprint density at radius 1 is 1.06 bits per heavy atom. The summed E-state index contributed by atoms with van der Waals surface area (Å²) >= 11 is 0. The van der Waals surface area contributed by atoms with Crippen LogP contribution in [0.15, 0.2) is 60.2 Å². The first-order valence-electron chi connectivity index (χ1n) is 12.0. The Kier molecular flexibility index (Phi) is 7.44. The third-order valence-electron chi connectivity index (χ3n) is 6.96. The molecule has 0 spiro atoms. The van der Waals surface area contributed by atoms with Crippen molar-refractivity contribution in [2.24, 2.45) is 11.8 Å². The fourth-order valence-corrected chi connectivity index (χ4v) is 4.78. The Bertz CT molecular complexity index is 911. The van der Waals surface area contributed by atoms with Crippen LogP contribution in [0.4, 0.5) is 0 Å². The van der Waals surface area contributed by atoms with Gasteiger partial charge in [0, 0.05) is 32.2 Å². The van der Waals surface area contributed by atoms with Crippen molar-refractivity contribution in [2.45, 2.75) is 38.8 Å². The number of nitrogens with zero attached hydrogens (tertiary/aromatic N) is 2. The van der Waals surface area contributed by atoms with Crippen LogP contribution >= 0.6 is 0 Å². The predicted octanol–water partition coefficient (Wildman–Crippen LogP) is 4.68. The highest BCUT2D eigenvalue weighted by molar-refractivity contribution is 5.93. The van der Waals surface area contributed by atoms with E-state index in [0.29, 0.717) is 12.0 Å². The van der Waals surface area contributed by atoms with Crippen molar-refractivity contribution in [3.63, 3.8) is 0 Å². The smallest absolute Gasteiger partial charge is 0.253 e. The first-order chi connectivity index (χ1) is 15.5. The van der Waals surface area contributed by atoms with Gasteiger partial charge in [-0.15, -0.1) is 0 Å². The Labute approximate surface area is 193 Å². The van der Waals surface area contributed by atoms with Crippen LogP contribution in [0.1, 0.15) is 47.7 Å². The van der Waals surface area contributed by atoms with Crippen molar-refractivity contribution in [1.29, 1.82) is 0 Å². The van der Waals surface area contributed by atoms with Gasteiger partial charge >= 0.3 is 0 Å². The zero-order valence-corrected chi connectivity index (χ0v) is 19.8. The topological polar surface area (TPSA) is 35.6 Å². The molecule has 2 aliphatic rings. The normalized spacial score (nSPS) is 22.0. The van der Waals surface area contributed by atoms with Gasteiger partial charge in [-0.2, -0.15) is 0 Å². The van der Waals surface area contributed by atoms with Crippen molar-refractivity contribution in [1.82, 2.24) is 15.1 Å². The van der Waals surface area contributed by atoms with E-state index in [1.54, 1.807) is 19.0 Å². The average molecular weight is 432 g/mol. The third kappa shape index (κ3) is 6.08. The van der Waals surface area contributed by atoms with Gasteiger partial charge in [0.1, 0.15) is 0 Å². The molecule has 1 amide bonds. The minimum absolute atomic E-state index is 0.0634. The number of hydrogen-bond acceptors (Lipinski definition) is 3. The summed E-state index contributed by atoms with van der Waals surface area (Å²) < 4.78 is 0. The van der Waals surface area contributed by atoms with Crippen molar-refractivity contribution >= 4 is 12.0 Å². The second-order valence-corrected chi connectivity index (χ2v) is 9.77. The number of hydrogen-bond donors (Lipinski definition) is 1. The highest BCUT2D eigenvalue weighted by Gasteiger charge is 2.38. The molecular weight excluding hydrogens is 394 g/mol. The van der Waals surface area contributed by atoms with E-state index in [-0.39, 0.29) is 5.91 Å². The molecule has 4 heteroatoms. The van der Waals surface area contributed by atoms with Crippen molar-refractivity contribution < 1.29 is 4.79 Å². The summed E-state index contributed by atoms with van der Waals surface area (Å²) in [6.45, 7) is 6.72. The van der Waals surface area contributed by atoms with Gasteiger partial charge in [0.05, 0.1) is 0 Å². The van der Waals surface area contributed by atoms with Gasteiger partial charge in [-0.3, -0.25) is 9.69 Å². The first kappa shape index (κ1) is 22.8. The Morgan fingerprint density at radius 3 is 2.41 bits per heavy atom. The molecule has 1 N–H and O–H groups in total. The average Bonchev–Trinajstić information content (AvgIpc) is 3.59. The summed E-state index contributed by atoms with van der Waals surface area (Å²) in [4.78, 5) is 16.2. The third-order valence-corrected chi connectivity index (χ3v) is 6.96. The van der Waals surface area contributed by atoms with Crippen LogP contribution in [0.25, 0.3) is 6.08 Å². The van der Waals surface area contributed by atoms with Gasteiger partial charge in [0.25, 0.3) is 5.91 Å². The molecule has 170 valence electrons. The molecule has 2 aromatic rings. The summed E-state index contributed by atoms with van der Waals surface area (Å²) in [5, 5.41) is 3.84. The second kappa shape index (κ2) is 10.5. The SMILES string of the molecule is C/C(=C\c1ccccc1)C1CC1NCC1CCN(Cc2ccc(C(=O)N(C)C)cc2)CC1. The van der Waals surface area contributed by atoms with Crippen LogP contribution in [-0.2, 0) is 6.54 Å². The minimum atomic E-state index is 0.0634. The van der Waals surface area contributed by atoms with Crippen LogP contribution in [-0.4, -0.2) is 55.5 Å². The van der Waals surface area contributed by atoms with Crippen LogP contribution in [0.2, 0.25) is 0 Å². The van der Waals surface area contributed by atoms with Gasteiger partial charge < -0.3 is 10.2 Å². The molecule has 2 unspecified atom stereocenters. The zero-order chi connectivity index (χ0) is 22.5. The molecule has 1 heterocycles. The number of rotatable bonds is 8. The van der Waals surface area contributed by atoms with E-state index in [1.807, 2.05) is 12.1 Å². The molecule has 1 saturated carbocycles. The summed E-state index contributed by atoms with van der Waals surface area (Å²) in [5.41, 5.74) is 4.86. The maximum absolute atomic E-state index is 12.0. The lowest BCUT2D eigenvalue weighted by Crippen LogP contribution is -2.37. The van der Waals surface area contributed by atoms with E-state index < -0.39 is 0 Å². The second-order valence-electron chi connectivity index (χ2n) is 9.77. The fourth-order valence-electron chi connectivity index (χ4n) is 4.78. The lowest BCUT2D eigenvalue weighted by Gasteiger charge is -2.32. The maximum Gasteiger partial charge on any atom is 0.253 e. The zero-order valence-electron chi connectivity index (χ0n) is 19.8. The fraction of sp³-hybridized carbons (Fsp3) is 0.464. The molecule has 1 aliphatic carbocycles. The Balaban J connectivity index is 1.16. The van der Waals surface area contributed by atoms with Crippen LogP contribution in [0.3, 0.4) is 0 Å². The molecule has 2 atom stereocenters. The van der Waals surface area contributed by atoms with E-state index in [1.165, 1.54) is 36.0 Å². The van der Waals surface area contributed by atoms with Gasteiger partial charge in [0.15, 0.2) is 0 Å². The molecule has 0 radical (unpaired) electrons. The van der Waals surface area contributed by atoms with Crippen LogP contribution in [0.5, 0.6) is 0 Å². The number of benzene rings is 2. The number of piperidine rings is 1. The van der Waals surface area contributed by atoms with Crippen LogP contribution < -0.4 is 5.32 Å². The standard InChI is InChI=1S/C28H37N3O/c1-21(17-22-7-5-4-6-8-22)26-18-27(26)29-19-23-13-15-31(16-14-23)20-24-9-11-25(12-10-24)28(32)30(2)3/h4-12,17,23,26-27,29H,13-16,18-20H2,1-3H3/b21-17+. The minimum Gasteiger partial charge on any atom is -0.345 e. The van der Waals surface area contributed by atoms with E-state index in [2.05, 4.69) is 65.7 Å². The quantitative estimate of drug-likeness (QED) is 0.659. The van der Waals surface area contributed by atoms with Gasteiger partial charge in [-0.05, 0) is 80.9 Å². The summed E-state index contributed by atoms with van der Waals surface area (Å²) in [7, 11) is 3.59. The van der Waals surface area contributed by atoms with E-state index in [0.717, 1.165) is 37.7 Å². The highest BCUT2D eigenvalue weighted by atomic mass is 16.2. The summed E-state index contributed by atoms with van der Waals surface area (Å²) in [5.74, 6) is 1.55. The largest absolute Gasteiger partial charge is 0.345 e. The van der Waals surface area contributed by atoms with Crippen LogP contribution in [0, 0.1) is 11.8 Å². The molecule has 4 nitrogen and oxygen atoms in total. The molecular formula is C28H37N3O. The lowest BCUT2D eigenvalue weighted by atomic mass is 9.96. The molecule has 4 rings (SSSR count). The van der Waals surface area contributed by atoms with Crippen molar-refractivity contribution in [2.75, 3.05) is 33.7 Å². The van der Waals surface area contributed by atoms with Gasteiger partial charge in [0.2, 0.25) is 0 Å². The molecule has 0 bridgehead atoms. The van der Waals surface area contributed by atoms with Gasteiger partial charge in [-0.1, -0.05) is 54.1 Å². The number of amides is 1. The highest BCUT2D eigenvalue weighted by Crippen LogP contribution is 2.38. The predicted molar refractivity (Wildman–Crippen MR) is 132 cm³/mol. The summed E-state index contributed by atoms with van der Waals surface area (Å²) in [6, 6.07) is 19.4. The lowest BCUT2D eigenvalue weighted by molar-refractivity contribution is 0.0827. The van der Waals surface area contributed by atoms with Gasteiger partial charge in [-0.25, -0.2) is 0 Å². The van der Waals surface area contributed by atoms with E-state index in [4.69, 9.17) is 0 Å². The van der Waals surface area contributed by atoms with Crippen molar-refractivity contribution in [3.8, 4) is 0 Å². The number of likely N-dealkylation sites (tertiary alicyclic amines) is 1. The molecule has 0 aromatic heterocycles. The number of carbonyl (C=O) groups is 1. The molecule has 1 saturated heterocycles. The van der Waals surface area contributed by atoms with E-state index in [9.17, 15) is 4.79 Å². The number of nitrogens with one attached hydrogen (secondary N) is 1. The summed E-state index contributed by atoms with van der Waals surface area (Å²) in [6.07, 6.45) is 6.15. The van der Waals surface area contributed by atoms with Crippen molar-refractivity contribution in [3.05, 3.63) is 76.9 Å². The number of carbonyl (C=O) groups excluding carboxylic acids is 1. The molecule has 2 fully saturated rings. The Morgan fingerprint density at radius 2 is 1.75 bits per heavy atom. The molecule has 1 aliphatic heterocycles. The Hall–Kier alpha value is -2.43. The molecule has 2 aromatic carbocycles. The maximum atomic E-state index is 12.0. The molecule has 32 heavy (non-hydrogen) atoms. The monoisotopic (exact) mass is 431 g/mol. The van der Waals surface area contributed by atoms with E-state index >= 15 is 0 Å².